The van der Waals surface area contributed by atoms with Gasteiger partial charge in [-0.3, -0.25) is 0 Å². The van der Waals surface area contributed by atoms with Crippen molar-refractivity contribution in [3.05, 3.63) is 29.3 Å². The summed E-state index contributed by atoms with van der Waals surface area (Å²) in [5.41, 5.74) is 2.39. The first kappa shape index (κ1) is 16.3. The number of nitrogens with one attached hydrogen (secondary N) is 1. The zero-order valence-electron chi connectivity index (χ0n) is 13.9. The fourth-order valence-electron chi connectivity index (χ4n) is 3.39. The third-order valence-corrected chi connectivity index (χ3v) is 5.00. The van der Waals surface area contributed by atoms with E-state index in [0.29, 0.717) is 18.7 Å². The summed E-state index contributed by atoms with van der Waals surface area (Å²) >= 11 is 0. The second-order valence-corrected chi connectivity index (χ2v) is 6.67. The summed E-state index contributed by atoms with van der Waals surface area (Å²) in [5.74, 6) is 0.892. The van der Waals surface area contributed by atoms with Gasteiger partial charge in [-0.25, -0.2) is 0 Å². The first-order valence-electron chi connectivity index (χ1n) is 8.21. The molecule has 21 heavy (non-hydrogen) atoms. The van der Waals surface area contributed by atoms with Crippen molar-refractivity contribution in [3.8, 4) is 5.75 Å². The van der Waals surface area contributed by atoms with Gasteiger partial charge in [0.05, 0.1) is 12.1 Å². The summed E-state index contributed by atoms with van der Waals surface area (Å²) in [7, 11) is 0. The van der Waals surface area contributed by atoms with Gasteiger partial charge in [-0.05, 0) is 64.2 Å². The molecule has 1 aliphatic rings. The highest BCUT2D eigenvalue weighted by Crippen LogP contribution is 2.20. The van der Waals surface area contributed by atoms with Crippen molar-refractivity contribution in [2.45, 2.75) is 65.1 Å². The molecule has 0 aliphatic carbocycles. The van der Waals surface area contributed by atoms with Gasteiger partial charge in [0.1, 0.15) is 25.0 Å². The number of rotatable bonds is 5. The lowest BCUT2D eigenvalue weighted by Gasteiger charge is -2.36. The first-order valence-corrected chi connectivity index (χ1v) is 8.21. The molecule has 2 N–H and O–H groups in total. The Hall–Kier alpha value is -1.06. The topological polar surface area (TPSA) is 33.9 Å². The molecule has 3 heteroatoms. The van der Waals surface area contributed by atoms with E-state index in [4.69, 9.17) is 4.74 Å². The van der Waals surface area contributed by atoms with E-state index in [1.807, 2.05) is 12.1 Å². The molecule has 0 radical (unpaired) electrons. The third-order valence-electron chi connectivity index (χ3n) is 5.00. The summed E-state index contributed by atoms with van der Waals surface area (Å²) in [6.45, 7) is 9.91. The third kappa shape index (κ3) is 4.21. The van der Waals surface area contributed by atoms with E-state index < -0.39 is 6.10 Å². The first-order chi connectivity index (χ1) is 9.99. The van der Waals surface area contributed by atoms with Crippen LogP contribution in [-0.4, -0.2) is 36.4 Å². The van der Waals surface area contributed by atoms with E-state index in [-0.39, 0.29) is 0 Å². The predicted octanol–water partition coefficient (Wildman–Crippen LogP) is 1.89. The zero-order chi connectivity index (χ0) is 15.4. The number of quaternary nitrogens is 1. The Morgan fingerprint density at radius 3 is 2.57 bits per heavy atom. The van der Waals surface area contributed by atoms with Crippen LogP contribution in [-0.2, 0) is 0 Å². The van der Waals surface area contributed by atoms with Crippen LogP contribution in [0.2, 0.25) is 0 Å². The zero-order valence-corrected chi connectivity index (χ0v) is 13.9. The van der Waals surface area contributed by atoms with Crippen molar-refractivity contribution in [1.29, 1.82) is 0 Å². The van der Waals surface area contributed by atoms with Gasteiger partial charge >= 0.3 is 0 Å². The molecule has 0 spiro atoms. The molecule has 0 aromatic heterocycles. The maximum absolute atomic E-state index is 10.3. The van der Waals surface area contributed by atoms with Crippen LogP contribution in [0.15, 0.2) is 18.2 Å². The molecular formula is C18H30NO2+. The summed E-state index contributed by atoms with van der Waals surface area (Å²) in [6.07, 6.45) is 3.46. The van der Waals surface area contributed by atoms with Crippen LogP contribution in [0, 0.1) is 13.8 Å². The van der Waals surface area contributed by atoms with Gasteiger partial charge in [0.15, 0.2) is 0 Å². The van der Waals surface area contributed by atoms with Crippen molar-refractivity contribution in [2.24, 2.45) is 0 Å². The summed E-state index contributed by atoms with van der Waals surface area (Å²) in [6, 6.07) is 7.35. The second-order valence-electron chi connectivity index (χ2n) is 6.67. The summed E-state index contributed by atoms with van der Waals surface area (Å²) in [4.78, 5) is 1.53. The number of hydrogen-bond acceptors (Lipinski definition) is 2. The smallest absolute Gasteiger partial charge is 0.137 e. The van der Waals surface area contributed by atoms with E-state index in [1.165, 1.54) is 29.7 Å². The number of hydrogen-bond donors (Lipinski definition) is 2. The second kappa shape index (κ2) is 7.28. The van der Waals surface area contributed by atoms with E-state index in [0.717, 1.165) is 17.9 Å². The van der Waals surface area contributed by atoms with Crippen LogP contribution in [0.4, 0.5) is 0 Å². The number of piperidine rings is 1. The molecule has 0 bridgehead atoms. The highest BCUT2D eigenvalue weighted by molar-refractivity contribution is 5.38. The molecule has 1 aromatic carbocycles. The minimum atomic E-state index is -0.400. The Morgan fingerprint density at radius 2 is 1.90 bits per heavy atom. The molecule has 3 nitrogen and oxygen atoms in total. The number of aliphatic hydroxyl groups excluding tert-OH is 1. The SMILES string of the molecule is Cc1cccc(OC[C@@H](O)C[NH+]2[C@H](C)CCC[C@@H]2C)c1C. The minimum Gasteiger partial charge on any atom is -0.490 e. The standard InChI is InChI=1S/C18H29NO2/c1-13-7-5-10-18(16(13)4)21-12-17(20)11-19-14(2)8-6-9-15(19)3/h5,7,10,14-15,17,20H,6,8-9,11-12H2,1-4H3/p+1/t14-,15+,17-/m0/s1. The number of ether oxygens (including phenoxy) is 1. The Labute approximate surface area is 128 Å². The molecule has 0 amide bonds. The molecule has 1 aromatic rings. The monoisotopic (exact) mass is 292 g/mol. The molecule has 1 fully saturated rings. The Balaban J connectivity index is 1.87. The molecule has 1 aliphatic heterocycles. The number of benzene rings is 1. The average molecular weight is 292 g/mol. The van der Waals surface area contributed by atoms with Crippen LogP contribution in [0.25, 0.3) is 0 Å². The van der Waals surface area contributed by atoms with Crippen LogP contribution >= 0.6 is 0 Å². The molecule has 2 rings (SSSR count). The molecule has 1 saturated heterocycles. The summed E-state index contributed by atoms with van der Waals surface area (Å²) in [5, 5.41) is 10.3. The van der Waals surface area contributed by atoms with Gasteiger partial charge in [-0.15, -0.1) is 0 Å². The summed E-state index contributed by atoms with van der Waals surface area (Å²) < 4.78 is 5.83. The fraction of sp³-hybridized carbons (Fsp3) is 0.667. The highest BCUT2D eigenvalue weighted by atomic mass is 16.5. The van der Waals surface area contributed by atoms with Gasteiger partial charge < -0.3 is 14.7 Å². The fourth-order valence-corrected chi connectivity index (χ4v) is 3.39. The van der Waals surface area contributed by atoms with Crippen LogP contribution in [0.5, 0.6) is 5.75 Å². The Morgan fingerprint density at radius 1 is 1.24 bits per heavy atom. The average Bonchev–Trinajstić information content (AvgIpc) is 2.45. The van der Waals surface area contributed by atoms with E-state index >= 15 is 0 Å². The lowest BCUT2D eigenvalue weighted by molar-refractivity contribution is -0.954. The van der Waals surface area contributed by atoms with Crippen molar-refractivity contribution in [1.82, 2.24) is 0 Å². The molecular weight excluding hydrogens is 262 g/mol. The maximum atomic E-state index is 10.3. The van der Waals surface area contributed by atoms with Gasteiger partial charge in [0, 0.05) is 0 Å². The van der Waals surface area contributed by atoms with Gasteiger partial charge in [-0.2, -0.15) is 0 Å². The Kier molecular flexibility index (Phi) is 5.65. The quantitative estimate of drug-likeness (QED) is 0.869. The maximum Gasteiger partial charge on any atom is 0.137 e. The predicted molar refractivity (Wildman–Crippen MR) is 86.0 cm³/mol. The van der Waals surface area contributed by atoms with E-state index in [9.17, 15) is 5.11 Å². The van der Waals surface area contributed by atoms with Crippen LogP contribution in [0.3, 0.4) is 0 Å². The minimum absolute atomic E-state index is 0.382. The van der Waals surface area contributed by atoms with Gasteiger partial charge in [0.25, 0.3) is 0 Å². The Bertz CT molecular complexity index is 451. The van der Waals surface area contributed by atoms with Crippen molar-refractivity contribution < 1.29 is 14.7 Å². The molecule has 1 heterocycles. The van der Waals surface area contributed by atoms with E-state index in [2.05, 4.69) is 33.8 Å². The molecule has 1 unspecified atom stereocenters. The highest BCUT2D eigenvalue weighted by Gasteiger charge is 2.30. The number of aliphatic hydroxyl groups is 1. The number of likely N-dealkylation sites (tertiary alicyclic amines) is 1. The van der Waals surface area contributed by atoms with Crippen LogP contribution in [0.1, 0.15) is 44.2 Å². The largest absolute Gasteiger partial charge is 0.490 e. The lowest BCUT2D eigenvalue weighted by atomic mass is 9.97. The molecule has 0 saturated carbocycles. The lowest BCUT2D eigenvalue weighted by Crippen LogP contribution is -3.20. The van der Waals surface area contributed by atoms with Gasteiger partial charge in [0.2, 0.25) is 0 Å². The number of aryl methyl sites for hydroxylation is 1. The van der Waals surface area contributed by atoms with Gasteiger partial charge in [-0.1, -0.05) is 12.1 Å². The molecule has 118 valence electrons. The molecule has 4 atom stereocenters. The normalized spacial score (nSPS) is 27.4. The van der Waals surface area contributed by atoms with Crippen molar-refractivity contribution in [3.63, 3.8) is 0 Å². The van der Waals surface area contributed by atoms with Crippen LogP contribution < -0.4 is 9.64 Å². The van der Waals surface area contributed by atoms with E-state index in [1.54, 1.807) is 0 Å². The van der Waals surface area contributed by atoms with Crippen molar-refractivity contribution >= 4 is 0 Å². The van der Waals surface area contributed by atoms with Crippen molar-refractivity contribution in [2.75, 3.05) is 13.2 Å².